The fourth-order valence-corrected chi connectivity index (χ4v) is 2.60. The first-order valence-electron chi connectivity index (χ1n) is 8.05. The molecule has 2 rings (SSSR count). The summed E-state index contributed by atoms with van der Waals surface area (Å²) in [5.74, 6) is -0.868. The summed E-state index contributed by atoms with van der Waals surface area (Å²) in [6.07, 6.45) is 1.78. The number of carbonyl (C=O) groups is 2. The van der Waals surface area contributed by atoms with Gasteiger partial charge in [-0.25, -0.2) is 14.2 Å². The van der Waals surface area contributed by atoms with Gasteiger partial charge in [0.25, 0.3) is 5.91 Å². The summed E-state index contributed by atoms with van der Waals surface area (Å²) in [5, 5.41) is 2.74. The molecule has 1 unspecified atom stereocenters. The zero-order valence-electron chi connectivity index (χ0n) is 14.5. The third kappa shape index (κ3) is 4.91. The van der Waals surface area contributed by atoms with E-state index in [1.807, 2.05) is 27.7 Å². The van der Waals surface area contributed by atoms with Crippen LogP contribution in [0, 0.1) is 11.7 Å². The number of hydrogen-bond acceptors (Lipinski definition) is 4. The Hall–Kier alpha value is -2.18. The minimum absolute atomic E-state index is 0.135. The van der Waals surface area contributed by atoms with Crippen molar-refractivity contribution >= 4 is 12.0 Å². The van der Waals surface area contributed by atoms with Crippen molar-refractivity contribution in [2.24, 2.45) is 5.92 Å². The predicted octanol–water partition coefficient (Wildman–Crippen LogP) is 2.60. The highest BCUT2D eigenvalue weighted by Crippen LogP contribution is 2.23. The minimum Gasteiger partial charge on any atom is -0.444 e. The minimum atomic E-state index is -0.637. The van der Waals surface area contributed by atoms with Crippen molar-refractivity contribution in [3.63, 3.8) is 0 Å². The number of aromatic nitrogens is 1. The van der Waals surface area contributed by atoms with Gasteiger partial charge < -0.3 is 15.0 Å². The Morgan fingerprint density at radius 1 is 1.46 bits per heavy atom. The molecule has 1 aromatic heterocycles. The van der Waals surface area contributed by atoms with E-state index in [2.05, 4.69) is 10.3 Å². The summed E-state index contributed by atoms with van der Waals surface area (Å²) < 4.78 is 18.8. The van der Waals surface area contributed by atoms with Crippen LogP contribution in [-0.2, 0) is 4.74 Å². The second-order valence-corrected chi connectivity index (χ2v) is 7.20. The molecule has 24 heavy (non-hydrogen) atoms. The summed E-state index contributed by atoms with van der Waals surface area (Å²) in [6.45, 7) is 8.55. The van der Waals surface area contributed by atoms with Crippen LogP contribution in [0.2, 0.25) is 0 Å². The SMILES string of the molecule is CC(CC1CN(C(=O)OC(C)(C)C)C1)NC(=O)c1ncccc1F. The van der Waals surface area contributed by atoms with Crippen LogP contribution in [-0.4, -0.2) is 46.6 Å². The lowest BCUT2D eigenvalue weighted by Crippen LogP contribution is -2.53. The van der Waals surface area contributed by atoms with Crippen molar-refractivity contribution in [1.29, 1.82) is 0 Å². The number of halogens is 1. The van der Waals surface area contributed by atoms with E-state index < -0.39 is 17.3 Å². The number of nitrogens with one attached hydrogen (secondary N) is 1. The molecule has 1 aromatic rings. The lowest BCUT2D eigenvalue weighted by molar-refractivity contribution is -0.00333. The van der Waals surface area contributed by atoms with Gasteiger partial charge in [0.15, 0.2) is 11.5 Å². The van der Waals surface area contributed by atoms with Crippen molar-refractivity contribution in [2.75, 3.05) is 13.1 Å². The van der Waals surface area contributed by atoms with Gasteiger partial charge in [0.2, 0.25) is 0 Å². The molecule has 2 amide bonds. The van der Waals surface area contributed by atoms with Crippen LogP contribution in [0.4, 0.5) is 9.18 Å². The number of hydrogen-bond donors (Lipinski definition) is 1. The number of nitrogens with zero attached hydrogens (tertiary/aromatic N) is 2. The van der Waals surface area contributed by atoms with E-state index in [1.54, 1.807) is 4.90 Å². The van der Waals surface area contributed by atoms with Gasteiger partial charge in [-0.3, -0.25) is 4.79 Å². The molecular formula is C17H24FN3O3. The maximum atomic E-state index is 13.5. The first-order chi connectivity index (χ1) is 11.2. The van der Waals surface area contributed by atoms with Crippen LogP contribution in [0.5, 0.6) is 0 Å². The molecular weight excluding hydrogens is 313 g/mol. The van der Waals surface area contributed by atoms with Crippen LogP contribution in [0.1, 0.15) is 44.6 Å². The number of pyridine rings is 1. The van der Waals surface area contributed by atoms with Crippen LogP contribution in [0.3, 0.4) is 0 Å². The Balaban J connectivity index is 1.75. The molecule has 1 aliphatic rings. The average Bonchev–Trinajstić information content (AvgIpc) is 2.40. The van der Waals surface area contributed by atoms with E-state index in [1.165, 1.54) is 18.3 Å². The second kappa shape index (κ2) is 7.15. The van der Waals surface area contributed by atoms with Gasteiger partial charge in [-0.05, 0) is 52.2 Å². The maximum Gasteiger partial charge on any atom is 0.410 e. The fraction of sp³-hybridized carbons (Fsp3) is 0.588. The highest BCUT2D eigenvalue weighted by Gasteiger charge is 2.34. The number of rotatable bonds is 4. The monoisotopic (exact) mass is 337 g/mol. The summed E-state index contributed by atoms with van der Waals surface area (Å²) in [6, 6.07) is 2.51. The van der Waals surface area contributed by atoms with Gasteiger partial charge in [0, 0.05) is 25.3 Å². The standard InChI is InChI=1S/C17H24FN3O3/c1-11(20-15(22)14-13(18)6-5-7-19-14)8-12-9-21(10-12)16(23)24-17(2,3)4/h5-7,11-12H,8-10H2,1-4H3,(H,20,22). The third-order valence-electron chi connectivity index (χ3n) is 3.65. The highest BCUT2D eigenvalue weighted by molar-refractivity contribution is 5.92. The van der Waals surface area contributed by atoms with Gasteiger partial charge in [-0.2, -0.15) is 0 Å². The van der Waals surface area contributed by atoms with E-state index in [-0.39, 0.29) is 17.8 Å². The third-order valence-corrected chi connectivity index (χ3v) is 3.65. The topological polar surface area (TPSA) is 71.5 Å². The van der Waals surface area contributed by atoms with Crippen LogP contribution in [0.15, 0.2) is 18.3 Å². The van der Waals surface area contributed by atoms with Gasteiger partial charge in [0.1, 0.15) is 5.60 Å². The van der Waals surface area contributed by atoms with Gasteiger partial charge in [0.05, 0.1) is 0 Å². The fourth-order valence-electron chi connectivity index (χ4n) is 2.60. The number of likely N-dealkylation sites (tertiary alicyclic amines) is 1. The van der Waals surface area contributed by atoms with Crippen molar-refractivity contribution < 1.29 is 18.7 Å². The highest BCUT2D eigenvalue weighted by atomic mass is 19.1. The quantitative estimate of drug-likeness (QED) is 0.917. The Labute approximate surface area is 141 Å². The van der Waals surface area contributed by atoms with Crippen molar-refractivity contribution in [3.05, 3.63) is 29.8 Å². The second-order valence-electron chi connectivity index (χ2n) is 7.20. The van der Waals surface area contributed by atoms with Crippen molar-refractivity contribution in [3.8, 4) is 0 Å². The molecule has 1 atom stereocenters. The maximum absolute atomic E-state index is 13.5. The van der Waals surface area contributed by atoms with Gasteiger partial charge in [-0.15, -0.1) is 0 Å². The Bertz CT molecular complexity index is 609. The number of carbonyl (C=O) groups excluding carboxylic acids is 2. The van der Waals surface area contributed by atoms with E-state index in [4.69, 9.17) is 4.74 Å². The molecule has 7 heteroatoms. The molecule has 1 N–H and O–H groups in total. The van der Waals surface area contributed by atoms with Crippen molar-refractivity contribution in [1.82, 2.24) is 15.2 Å². The normalized spacial score (nSPS) is 16.3. The molecule has 0 aliphatic carbocycles. The van der Waals surface area contributed by atoms with Gasteiger partial charge in [-0.1, -0.05) is 0 Å². The van der Waals surface area contributed by atoms with Gasteiger partial charge >= 0.3 is 6.09 Å². The molecule has 0 bridgehead atoms. The molecule has 0 saturated carbocycles. The summed E-state index contributed by atoms with van der Waals surface area (Å²) >= 11 is 0. The van der Waals surface area contributed by atoms with E-state index in [0.29, 0.717) is 25.4 Å². The lowest BCUT2D eigenvalue weighted by Gasteiger charge is -2.40. The van der Waals surface area contributed by atoms with Crippen LogP contribution in [0.25, 0.3) is 0 Å². The first-order valence-corrected chi connectivity index (χ1v) is 8.05. The number of ether oxygens (including phenoxy) is 1. The predicted molar refractivity (Wildman–Crippen MR) is 87.0 cm³/mol. The number of amides is 2. The Kier molecular flexibility index (Phi) is 5.41. The molecule has 132 valence electrons. The lowest BCUT2D eigenvalue weighted by atomic mass is 9.93. The summed E-state index contributed by atoms with van der Waals surface area (Å²) in [5.41, 5.74) is -0.704. The average molecular weight is 337 g/mol. The molecule has 1 saturated heterocycles. The van der Waals surface area contributed by atoms with E-state index in [9.17, 15) is 14.0 Å². The van der Waals surface area contributed by atoms with E-state index >= 15 is 0 Å². The molecule has 2 heterocycles. The molecule has 6 nitrogen and oxygen atoms in total. The molecule has 1 fully saturated rings. The Morgan fingerprint density at radius 3 is 2.71 bits per heavy atom. The molecule has 0 spiro atoms. The summed E-state index contributed by atoms with van der Waals surface area (Å²) in [7, 11) is 0. The van der Waals surface area contributed by atoms with Crippen LogP contribution < -0.4 is 5.32 Å². The zero-order chi connectivity index (χ0) is 17.9. The Morgan fingerprint density at radius 2 is 2.12 bits per heavy atom. The molecule has 0 radical (unpaired) electrons. The van der Waals surface area contributed by atoms with Crippen LogP contribution >= 0.6 is 0 Å². The largest absolute Gasteiger partial charge is 0.444 e. The van der Waals surface area contributed by atoms with Crippen molar-refractivity contribution in [2.45, 2.75) is 45.8 Å². The first kappa shape index (κ1) is 18.2. The molecule has 0 aromatic carbocycles. The smallest absolute Gasteiger partial charge is 0.410 e. The molecule has 1 aliphatic heterocycles. The summed E-state index contributed by atoms with van der Waals surface area (Å²) in [4.78, 5) is 29.3. The van der Waals surface area contributed by atoms with E-state index in [0.717, 1.165) is 0 Å². The zero-order valence-corrected chi connectivity index (χ0v) is 14.5.